The molecule has 0 spiro atoms. The van der Waals surface area contributed by atoms with Crippen molar-refractivity contribution in [2.45, 2.75) is 45.1 Å². The highest BCUT2D eigenvalue weighted by atomic mass is 35.5. The maximum absolute atomic E-state index is 12.1. The quantitative estimate of drug-likeness (QED) is 0.639. The van der Waals surface area contributed by atoms with Crippen LogP contribution in [-0.4, -0.2) is 60.6 Å². The summed E-state index contributed by atoms with van der Waals surface area (Å²) in [5.41, 5.74) is 0. The van der Waals surface area contributed by atoms with Crippen molar-refractivity contribution in [3.63, 3.8) is 0 Å². The van der Waals surface area contributed by atoms with Crippen LogP contribution in [-0.2, 0) is 9.59 Å². The van der Waals surface area contributed by atoms with E-state index in [4.69, 9.17) is 4.52 Å². The summed E-state index contributed by atoms with van der Waals surface area (Å²) < 4.78 is 4.94. The lowest BCUT2D eigenvalue weighted by Gasteiger charge is -2.32. The van der Waals surface area contributed by atoms with Crippen molar-refractivity contribution >= 4 is 30.0 Å². The fraction of sp³-hybridized carbons (Fsp3) is 0.722. The van der Waals surface area contributed by atoms with E-state index in [0.717, 1.165) is 58.4 Å². The smallest absolute Gasteiger partial charge is 0.237 e. The molecule has 9 heteroatoms. The van der Waals surface area contributed by atoms with Gasteiger partial charge in [-0.3, -0.25) is 9.59 Å². The molecule has 3 rings (SSSR count). The molecule has 27 heavy (non-hydrogen) atoms. The van der Waals surface area contributed by atoms with Crippen molar-refractivity contribution in [3.05, 3.63) is 11.8 Å². The van der Waals surface area contributed by atoms with Gasteiger partial charge in [0, 0.05) is 32.1 Å². The van der Waals surface area contributed by atoms with Crippen molar-refractivity contribution < 1.29 is 14.1 Å². The number of carbonyl (C=O) groups is 2. The van der Waals surface area contributed by atoms with Crippen LogP contribution in [0.2, 0.25) is 0 Å². The third-order valence-electron chi connectivity index (χ3n) is 5.10. The average Bonchev–Trinajstić information content (AvgIpc) is 3.30. The number of amides is 2. The molecular formula is C18H30ClN5O3. The zero-order valence-electron chi connectivity index (χ0n) is 15.8. The molecule has 0 bridgehead atoms. The molecule has 0 aromatic carbocycles. The molecule has 2 saturated heterocycles. The Morgan fingerprint density at radius 1 is 1.37 bits per heavy atom. The van der Waals surface area contributed by atoms with E-state index >= 15 is 0 Å². The van der Waals surface area contributed by atoms with Gasteiger partial charge in [-0.15, -0.1) is 12.4 Å². The Balaban J connectivity index is 0.00000261. The zero-order valence-corrected chi connectivity index (χ0v) is 16.6. The number of aryl methyl sites for hydroxylation is 1. The third kappa shape index (κ3) is 6.79. The Hall–Kier alpha value is -1.64. The lowest BCUT2D eigenvalue weighted by molar-refractivity contribution is -0.123. The Labute approximate surface area is 166 Å². The molecule has 0 saturated carbocycles. The van der Waals surface area contributed by atoms with Crippen LogP contribution in [0.5, 0.6) is 0 Å². The minimum Gasteiger partial charge on any atom is -0.360 e. The topological polar surface area (TPSA) is 99.5 Å². The summed E-state index contributed by atoms with van der Waals surface area (Å²) >= 11 is 0. The minimum atomic E-state index is -0.0546. The number of anilines is 1. The number of hydrogen-bond acceptors (Lipinski definition) is 6. The molecule has 2 aliphatic rings. The van der Waals surface area contributed by atoms with Crippen molar-refractivity contribution in [2.24, 2.45) is 5.92 Å². The second-order valence-corrected chi connectivity index (χ2v) is 7.32. The molecule has 1 aromatic rings. The highest BCUT2D eigenvalue weighted by molar-refractivity contribution is 5.89. The van der Waals surface area contributed by atoms with Gasteiger partial charge >= 0.3 is 0 Å². The minimum absolute atomic E-state index is 0. The Bertz CT molecular complexity index is 618. The molecule has 152 valence electrons. The molecule has 2 fully saturated rings. The van der Waals surface area contributed by atoms with E-state index in [2.05, 4.69) is 26.0 Å². The van der Waals surface area contributed by atoms with E-state index in [0.29, 0.717) is 23.9 Å². The van der Waals surface area contributed by atoms with Gasteiger partial charge in [0.15, 0.2) is 5.82 Å². The van der Waals surface area contributed by atoms with Gasteiger partial charge in [0.2, 0.25) is 11.8 Å². The molecule has 2 aliphatic heterocycles. The van der Waals surface area contributed by atoms with Gasteiger partial charge in [-0.05, 0) is 51.6 Å². The number of likely N-dealkylation sites (tertiary alicyclic amines) is 1. The third-order valence-corrected chi connectivity index (χ3v) is 5.10. The molecular weight excluding hydrogens is 370 g/mol. The van der Waals surface area contributed by atoms with Gasteiger partial charge in [-0.1, -0.05) is 5.16 Å². The molecule has 3 heterocycles. The predicted octanol–water partition coefficient (Wildman–Crippen LogP) is 1.31. The number of nitrogens with zero attached hydrogens (tertiary/aromatic N) is 2. The molecule has 3 N–H and O–H groups in total. The number of piperidine rings is 1. The maximum Gasteiger partial charge on any atom is 0.237 e. The zero-order chi connectivity index (χ0) is 18.4. The first-order chi connectivity index (χ1) is 12.6. The number of nitrogens with one attached hydrogen (secondary N) is 3. The summed E-state index contributed by atoms with van der Waals surface area (Å²) in [7, 11) is 0. The fourth-order valence-electron chi connectivity index (χ4n) is 3.69. The SMILES string of the molecule is Cc1cc(NC(=O)CCN2CCCC(CNC(=O)C3CCCN3)C2)no1.Cl. The van der Waals surface area contributed by atoms with Crippen LogP contribution in [0, 0.1) is 12.8 Å². The van der Waals surface area contributed by atoms with Crippen LogP contribution in [0.1, 0.15) is 37.9 Å². The Morgan fingerprint density at radius 2 is 2.22 bits per heavy atom. The van der Waals surface area contributed by atoms with Crippen molar-refractivity contribution in [2.75, 3.05) is 38.0 Å². The maximum atomic E-state index is 12.1. The van der Waals surface area contributed by atoms with Crippen LogP contribution in [0.25, 0.3) is 0 Å². The average molecular weight is 400 g/mol. The predicted molar refractivity (Wildman–Crippen MR) is 105 cm³/mol. The summed E-state index contributed by atoms with van der Waals surface area (Å²) in [6, 6.07) is 1.69. The van der Waals surface area contributed by atoms with Gasteiger partial charge in [0.25, 0.3) is 0 Å². The van der Waals surface area contributed by atoms with E-state index in [1.54, 1.807) is 13.0 Å². The van der Waals surface area contributed by atoms with Crippen LogP contribution in [0.15, 0.2) is 10.6 Å². The molecule has 0 radical (unpaired) electrons. The second kappa shape index (κ2) is 10.6. The van der Waals surface area contributed by atoms with Gasteiger partial charge < -0.3 is 25.4 Å². The van der Waals surface area contributed by atoms with Crippen LogP contribution < -0.4 is 16.0 Å². The van der Waals surface area contributed by atoms with E-state index in [9.17, 15) is 9.59 Å². The Kier molecular flexibility index (Phi) is 8.53. The molecule has 0 aliphatic carbocycles. The molecule has 8 nitrogen and oxygen atoms in total. The Morgan fingerprint density at radius 3 is 2.93 bits per heavy atom. The standard InChI is InChI=1S/C18H29N5O3.ClH/c1-13-10-16(22-26-13)21-17(24)6-9-23-8-3-4-14(12-23)11-20-18(25)15-5-2-7-19-15;/h10,14-15,19H,2-9,11-12H2,1H3,(H,20,25)(H,21,22,24);1H. The van der Waals surface area contributed by atoms with E-state index in [1.807, 2.05) is 0 Å². The molecule has 1 aromatic heterocycles. The van der Waals surface area contributed by atoms with Gasteiger partial charge in [-0.2, -0.15) is 0 Å². The lowest BCUT2D eigenvalue weighted by atomic mass is 9.97. The highest BCUT2D eigenvalue weighted by Crippen LogP contribution is 2.16. The summed E-state index contributed by atoms with van der Waals surface area (Å²) in [6.45, 7) is 6.10. The first-order valence-corrected chi connectivity index (χ1v) is 9.57. The fourth-order valence-corrected chi connectivity index (χ4v) is 3.69. The van der Waals surface area contributed by atoms with Crippen molar-refractivity contribution in [3.8, 4) is 0 Å². The van der Waals surface area contributed by atoms with Gasteiger partial charge in [0.1, 0.15) is 5.76 Å². The number of hydrogen-bond donors (Lipinski definition) is 3. The van der Waals surface area contributed by atoms with Crippen LogP contribution >= 0.6 is 12.4 Å². The summed E-state index contributed by atoms with van der Waals surface area (Å²) in [5.74, 6) is 1.67. The highest BCUT2D eigenvalue weighted by Gasteiger charge is 2.24. The van der Waals surface area contributed by atoms with E-state index in [-0.39, 0.29) is 30.3 Å². The summed E-state index contributed by atoms with van der Waals surface area (Å²) in [6.07, 6.45) is 4.66. The molecule has 2 atom stereocenters. The normalized spacial score (nSPS) is 22.9. The second-order valence-electron chi connectivity index (χ2n) is 7.32. The van der Waals surface area contributed by atoms with E-state index in [1.165, 1.54) is 0 Å². The van der Waals surface area contributed by atoms with Crippen LogP contribution in [0.3, 0.4) is 0 Å². The first-order valence-electron chi connectivity index (χ1n) is 9.57. The monoisotopic (exact) mass is 399 g/mol. The largest absolute Gasteiger partial charge is 0.360 e. The van der Waals surface area contributed by atoms with Crippen molar-refractivity contribution in [1.82, 2.24) is 20.7 Å². The molecule has 2 unspecified atom stereocenters. The van der Waals surface area contributed by atoms with Crippen LogP contribution in [0.4, 0.5) is 5.82 Å². The summed E-state index contributed by atoms with van der Waals surface area (Å²) in [4.78, 5) is 26.4. The number of carbonyl (C=O) groups excluding carboxylic acids is 2. The number of rotatable bonds is 7. The van der Waals surface area contributed by atoms with Crippen molar-refractivity contribution in [1.29, 1.82) is 0 Å². The number of aromatic nitrogens is 1. The summed E-state index contributed by atoms with van der Waals surface area (Å²) in [5, 5.41) is 12.8. The molecule has 2 amide bonds. The van der Waals surface area contributed by atoms with Gasteiger partial charge in [0.05, 0.1) is 6.04 Å². The van der Waals surface area contributed by atoms with E-state index < -0.39 is 0 Å². The van der Waals surface area contributed by atoms with Gasteiger partial charge in [-0.25, -0.2) is 0 Å². The number of halogens is 1. The first kappa shape index (κ1) is 21.7. The lowest BCUT2D eigenvalue weighted by Crippen LogP contribution is -2.45.